The second-order valence-electron chi connectivity index (χ2n) is 7.99. The highest BCUT2D eigenvalue weighted by molar-refractivity contribution is 5.68. The Kier molecular flexibility index (Phi) is 4.34. The van der Waals surface area contributed by atoms with Gasteiger partial charge < -0.3 is 5.11 Å². The van der Waals surface area contributed by atoms with Crippen LogP contribution in [0.2, 0.25) is 0 Å². The monoisotopic (exact) mass is 392 g/mol. The van der Waals surface area contributed by atoms with E-state index >= 15 is 0 Å². The van der Waals surface area contributed by atoms with Crippen LogP contribution in [0.25, 0.3) is 22.5 Å². The fourth-order valence-electron chi connectivity index (χ4n) is 4.71. The molecule has 2 saturated carbocycles. The molecule has 0 radical (unpaired) electrons. The number of halogens is 1. The van der Waals surface area contributed by atoms with Gasteiger partial charge in [-0.05, 0) is 48.8 Å². The third-order valence-electron chi connectivity index (χ3n) is 6.27. The third-order valence-corrected chi connectivity index (χ3v) is 6.27. The summed E-state index contributed by atoms with van der Waals surface area (Å²) in [4.78, 5) is 4.37. The van der Waals surface area contributed by atoms with Crippen LogP contribution < -0.4 is 0 Å². The molecule has 4 atom stereocenters. The van der Waals surface area contributed by atoms with Crippen molar-refractivity contribution in [3.8, 4) is 22.7 Å². The lowest BCUT2D eigenvalue weighted by molar-refractivity contribution is 0.135. The predicted molar refractivity (Wildman–Crippen MR) is 105 cm³/mol. The Morgan fingerprint density at radius 3 is 2.69 bits per heavy atom. The maximum atomic E-state index is 14.8. The molecule has 7 nitrogen and oxygen atoms in total. The summed E-state index contributed by atoms with van der Waals surface area (Å²) in [6.07, 6.45) is 7.65. The Morgan fingerprint density at radius 2 is 1.97 bits per heavy atom. The van der Waals surface area contributed by atoms with E-state index in [9.17, 15) is 9.50 Å². The van der Waals surface area contributed by atoms with Gasteiger partial charge in [0.05, 0.1) is 11.9 Å². The van der Waals surface area contributed by atoms with Crippen LogP contribution in [0.3, 0.4) is 0 Å². The Hall–Kier alpha value is -3.16. The molecule has 0 aliphatic heterocycles. The summed E-state index contributed by atoms with van der Waals surface area (Å²) in [5, 5.41) is 26.3. The van der Waals surface area contributed by atoms with Crippen molar-refractivity contribution in [3.63, 3.8) is 0 Å². The molecule has 0 spiro atoms. The van der Waals surface area contributed by atoms with Gasteiger partial charge in [-0.1, -0.05) is 13.0 Å². The first-order valence-electron chi connectivity index (χ1n) is 9.81. The lowest BCUT2D eigenvalue weighted by Gasteiger charge is -2.32. The first-order valence-corrected chi connectivity index (χ1v) is 9.81. The molecule has 3 aromatic rings. The molecule has 2 fully saturated rings. The molecule has 0 amide bonds. The molecular formula is C21H21FN6O. The Balaban J connectivity index is 1.37. The van der Waals surface area contributed by atoms with E-state index in [0.717, 1.165) is 31.4 Å². The van der Waals surface area contributed by atoms with Gasteiger partial charge in [0.15, 0.2) is 5.82 Å². The number of nitrogens with zero attached hydrogens (tertiary/aromatic N) is 6. The van der Waals surface area contributed by atoms with E-state index in [-0.39, 0.29) is 17.6 Å². The van der Waals surface area contributed by atoms with Crippen LogP contribution in [-0.4, -0.2) is 41.2 Å². The summed E-state index contributed by atoms with van der Waals surface area (Å²) >= 11 is 0. The number of alkyl halides is 1. The normalized spacial score (nSPS) is 25.8. The average molecular weight is 392 g/mol. The van der Waals surface area contributed by atoms with E-state index in [1.807, 2.05) is 6.07 Å². The summed E-state index contributed by atoms with van der Waals surface area (Å²) in [5.74, 6) is 0.922. The van der Waals surface area contributed by atoms with Crippen molar-refractivity contribution < 1.29 is 9.50 Å². The average Bonchev–Trinajstić information content (AvgIpc) is 3.41. The van der Waals surface area contributed by atoms with Crippen molar-refractivity contribution >= 4 is 5.57 Å². The summed E-state index contributed by atoms with van der Waals surface area (Å²) in [6, 6.07) is 5.15. The van der Waals surface area contributed by atoms with Crippen molar-refractivity contribution in [1.29, 1.82) is 0 Å². The number of aromatic hydroxyl groups is 1. The molecule has 2 aliphatic rings. The number of aromatic nitrogens is 6. The molecule has 0 unspecified atom stereocenters. The van der Waals surface area contributed by atoms with Gasteiger partial charge in [-0.2, -0.15) is 0 Å². The number of phenolic OH excluding ortho intramolecular Hbond substituents is 1. The second-order valence-corrected chi connectivity index (χ2v) is 7.99. The van der Waals surface area contributed by atoms with Gasteiger partial charge in [0.2, 0.25) is 0 Å². The highest BCUT2D eigenvalue weighted by Crippen LogP contribution is 2.49. The molecular weight excluding hydrogens is 371 g/mol. The fourth-order valence-corrected chi connectivity index (χ4v) is 4.71. The van der Waals surface area contributed by atoms with Crippen molar-refractivity contribution in [3.05, 3.63) is 49.5 Å². The van der Waals surface area contributed by atoms with Gasteiger partial charge in [-0.25, -0.2) is 9.37 Å². The lowest BCUT2D eigenvalue weighted by Crippen LogP contribution is -2.30. The number of benzene rings is 1. The van der Waals surface area contributed by atoms with Crippen molar-refractivity contribution in [2.24, 2.45) is 17.8 Å². The van der Waals surface area contributed by atoms with Crippen molar-refractivity contribution in [2.75, 3.05) is 0 Å². The first-order chi connectivity index (χ1) is 14.1. The molecule has 1 N–H and O–H groups in total. The molecule has 2 bridgehead atoms. The van der Waals surface area contributed by atoms with Gasteiger partial charge in [-0.3, -0.25) is 4.57 Å². The quantitative estimate of drug-likeness (QED) is 0.729. The van der Waals surface area contributed by atoms with Crippen molar-refractivity contribution in [2.45, 2.75) is 31.9 Å². The summed E-state index contributed by atoms with van der Waals surface area (Å²) < 4.78 is 16.5. The number of phenols is 1. The van der Waals surface area contributed by atoms with E-state index in [2.05, 4.69) is 32.0 Å². The minimum atomic E-state index is -0.876. The van der Waals surface area contributed by atoms with Gasteiger partial charge >= 0.3 is 0 Å². The molecule has 5 rings (SSSR count). The third kappa shape index (κ3) is 3.18. The van der Waals surface area contributed by atoms with E-state index in [0.29, 0.717) is 28.6 Å². The second kappa shape index (κ2) is 7.02. The highest BCUT2D eigenvalue weighted by Gasteiger charge is 2.43. The zero-order chi connectivity index (χ0) is 20.0. The predicted octanol–water partition coefficient (Wildman–Crippen LogP) is 3.61. The van der Waals surface area contributed by atoms with Gasteiger partial charge in [0.25, 0.3) is 0 Å². The Bertz CT molecular complexity index is 1040. The van der Waals surface area contributed by atoms with Crippen LogP contribution in [-0.2, 0) is 0 Å². The Morgan fingerprint density at radius 1 is 1.14 bits per heavy atom. The topological polar surface area (TPSA) is 89.6 Å². The van der Waals surface area contributed by atoms with E-state index in [1.54, 1.807) is 35.6 Å². The standard InChI is InChI=1S/C21H21FN6O/c1-12(17-7-13-2-3-14(6-13)20(17)22)21-23-9-18(26-27-21)16-5-4-15(8-19(16)29)28-10-24-25-11-28/h4-5,8-11,13-14,17,20,29H,1-3,6-7H2/t13-,14+,17-,20-/m1/s1. The zero-order valence-corrected chi connectivity index (χ0v) is 15.8. The van der Waals surface area contributed by atoms with Crippen LogP contribution in [0.15, 0.2) is 43.6 Å². The number of fused-ring (bicyclic) bond motifs is 2. The van der Waals surface area contributed by atoms with E-state index < -0.39 is 6.17 Å². The number of allylic oxidation sites excluding steroid dienone is 1. The van der Waals surface area contributed by atoms with Gasteiger partial charge in [0.1, 0.15) is 30.3 Å². The molecule has 1 aromatic carbocycles. The fraction of sp³-hybridized carbons (Fsp3) is 0.381. The Labute approximate surface area is 167 Å². The number of hydrogen-bond acceptors (Lipinski definition) is 6. The molecule has 2 heterocycles. The highest BCUT2D eigenvalue weighted by atomic mass is 19.1. The first kappa shape index (κ1) is 17.9. The van der Waals surface area contributed by atoms with Crippen molar-refractivity contribution in [1.82, 2.24) is 29.9 Å². The van der Waals surface area contributed by atoms with Crippen LogP contribution >= 0.6 is 0 Å². The van der Waals surface area contributed by atoms with E-state index in [4.69, 9.17) is 0 Å². The van der Waals surface area contributed by atoms with Gasteiger partial charge in [0, 0.05) is 17.5 Å². The van der Waals surface area contributed by atoms with Crippen LogP contribution in [0, 0.1) is 17.8 Å². The number of rotatable bonds is 4. The summed E-state index contributed by atoms with van der Waals surface area (Å²) in [6.45, 7) is 4.09. The smallest absolute Gasteiger partial charge is 0.177 e. The van der Waals surface area contributed by atoms with Crippen LogP contribution in [0.5, 0.6) is 5.75 Å². The lowest BCUT2D eigenvalue weighted by atomic mass is 9.76. The van der Waals surface area contributed by atoms with Gasteiger partial charge in [-0.15, -0.1) is 20.4 Å². The molecule has 0 saturated heterocycles. The maximum Gasteiger partial charge on any atom is 0.177 e. The van der Waals surface area contributed by atoms with E-state index in [1.165, 1.54) is 0 Å². The van der Waals surface area contributed by atoms with Crippen LogP contribution in [0.1, 0.15) is 31.5 Å². The molecule has 8 heteroatoms. The zero-order valence-electron chi connectivity index (χ0n) is 15.8. The minimum absolute atomic E-state index is 0.0477. The molecule has 2 aliphatic carbocycles. The number of hydrogen-bond donors (Lipinski definition) is 1. The molecule has 29 heavy (non-hydrogen) atoms. The SMILES string of the molecule is C=C(c1ncc(-c2ccc(-n3cnnc3)cc2O)nn1)[C@H]1C[C@@H]2CC[C@@H](C2)[C@H]1F. The molecule has 148 valence electrons. The summed E-state index contributed by atoms with van der Waals surface area (Å²) in [5.41, 5.74) is 2.30. The summed E-state index contributed by atoms with van der Waals surface area (Å²) in [7, 11) is 0. The molecule has 2 aromatic heterocycles. The minimum Gasteiger partial charge on any atom is -0.507 e. The van der Waals surface area contributed by atoms with Crippen LogP contribution in [0.4, 0.5) is 4.39 Å². The largest absolute Gasteiger partial charge is 0.507 e. The maximum absolute atomic E-state index is 14.8.